The minimum atomic E-state index is -0.0417. The van der Waals surface area contributed by atoms with Crippen LogP contribution in [0.1, 0.15) is 5.56 Å². The topological polar surface area (TPSA) is 30.2 Å². The summed E-state index contributed by atoms with van der Waals surface area (Å²) in [5.41, 5.74) is 1.29. The van der Waals surface area contributed by atoms with Crippen molar-refractivity contribution in [1.82, 2.24) is 0 Å². The number of rotatable bonds is 1. The molecule has 13 heavy (non-hydrogen) atoms. The molecule has 0 aliphatic carbocycles. The van der Waals surface area contributed by atoms with Gasteiger partial charge in [-0.1, -0.05) is 24.4 Å². The molecule has 1 aromatic carbocycles. The van der Waals surface area contributed by atoms with Gasteiger partial charge in [0.1, 0.15) is 5.58 Å². The number of para-hydroxylation sites is 1. The van der Waals surface area contributed by atoms with Crippen molar-refractivity contribution < 1.29 is 4.42 Å². The van der Waals surface area contributed by atoms with Crippen LogP contribution in [0.15, 0.2) is 39.7 Å². The maximum Gasteiger partial charge on any atom is 0.192 e. The fourth-order valence-electron chi connectivity index (χ4n) is 1.23. The standard InChI is InChI=1S/C10H6O2S/c11-9-4-5-12-10-7(6-13)2-1-3-8(9)10/h1-6H. The Bertz CT molecular complexity index is 514. The summed E-state index contributed by atoms with van der Waals surface area (Å²) in [5, 5.41) is 2.08. The highest BCUT2D eigenvalue weighted by Gasteiger charge is 2.02. The van der Waals surface area contributed by atoms with E-state index in [0.29, 0.717) is 11.0 Å². The molecule has 0 unspecified atom stereocenters. The van der Waals surface area contributed by atoms with Crippen molar-refractivity contribution in [3.05, 3.63) is 46.3 Å². The normalized spacial score (nSPS) is 10.2. The molecule has 1 heterocycles. The van der Waals surface area contributed by atoms with Crippen LogP contribution in [0.2, 0.25) is 0 Å². The Balaban J connectivity index is 3.00. The van der Waals surface area contributed by atoms with Gasteiger partial charge in [-0.2, -0.15) is 0 Å². The van der Waals surface area contributed by atoms with Gasteiger partial charge in [0.15, 0.2) is 5.43 Å². The Morgan fingerprint density at radius 3 is 2.92 bits per heavy atom. The molecule has 0 saturated heterocycles. The van der Waals surface area contributed by atoms with Gasteiger partial charge in [-0.25, -0.2) is 0 Å². The predicted octanol–water partition coefficient (Wildman–Crippen LogP) is 2.14. The molecule has 0 atom stereocenters. The first kappa shape index (κ1) is 8.13. The zero-order valence-corrected chi connectivity index (χ0v) is 7.51. The van der Waals surface area contributed by atoms with Gasteiger partial charge < -0.3 is 4.42 Å². The number of benzene rings is 1. The summed E-state index contributed by atoms with van der Waals surface area (Å²) in [5.74, 6) is 0. The molecule has 0 N–H and O–H groups in total. The second-order valence-corrected chi connectivity index (χ2v) is 2.86. The second kappa shape index (κ2) is 3.11. The molecule has 0 bridgehead atoms. The monoisotopic (exact) mass is 190 g/mol. The predicted molar refractivity (Wildman–Crippen MR) is 55.2 cm³/mol. The Morgan fingerprint density at radius 1 is 1.31 bits per heavy atom. The van der Waals surface area contributed by atoms with E-state index in [1.54, 1.807) is 12.1 Å². The minimum absolute atomic E-state index is 0.0417. The van der Waals surface area contributed by atoms with Gasteiger partial charge in [0.2, 0.25) is 0 Å². The van der Waals surface area contributed by atoms with Crippen LogP contribution in [0, 0.1) is 0 Å². The highest BCUT2D eigenvalue weighted by Crippen LogP contribution is 2.13. The summed E-state index contributed by atoms with van der Waals surface area (Å²) in [6, 6.07) is 6.73. The van der Waals surface area contributed by atoms with E-state index in [0.717, 1.165) is 5.56 Å². The van der Waals surface area contributed by atoms with Gasteiger partial charge in [-0.15, -0.1) is 0 Å². The van der Waals surface area contributed by atoms with Crippen LogP contribution in [0.5, 0.6) is 0 Å². The summed E-state index contributed by atoms with van der Waals surface area (Å²) in [6.45, 7) is 0. The Kier molecular flexibility index (Phi) is 1.94. The van der Waals surface area contributed by atoms with Crippen molar-refractivity contribution in [1.29, 1.82) is 0 Å². The molecule has 0 aliphatic heterocycles. The third-order valence-electron chi connectivity index (χ3n) is 1.84. The molecule has 0 amide bonds. The van der Waals surface area contributed by atoms with Crippen LogP contribution in [0.4, 0.5) is 0 Å². The molecule has 2 rings (SSSR count). The van der Waals surface area contributed by atoms with Crippen LogP contribution in [-0.4, -0.2) is 5.37 Å². The molecule has 1 aromatic heterocycles. The Morgan fingerprint density at radius 2 is 2.15 bits per heavy atom. The third-order valence-corrected chi connectivity index (χ3v) is 2.10. The van der Waals surface area contributed by atoms with Crippen LogP contribution in [-0.2, 0) is 0 Å². The average molecular weight is 190 g/mol. The van der Waals surface area contributed by atoms with Gasteiger partial charge in [0, 0.05) is 17.0 Å². The van der Waals surface area contributed by atoms with Crippen LogP contribution < -0.4 is 5.43 Å². The molecular weight excluding hydrogens is 184 g/mol. The van der Waals surface area contributed by atoms with E-state index in [2.05, 4.69) is 0 Å². The zero-order chi connectivity index (χ0) is 9.26. The molecule has 64 valence electrons. The summed E-state index contributed by atoms with van der Waals surface area (Å²) in [6.07, 6.45) is 1.38. The maximum absolute atomic E-state index is 11.3. The molecule has 2 aromatic rings. The van der Waals surface area contributed by atoms with E-state index < -0.39 is 0 Å². The lowest BCUT2D eigenvalue weighted by molar-refractivity contribution is 0.602. The lowest BCUT2D eigenvalue weighted by Crippen LogP contribution is -1.98. The lowest BCUT2D eigenvalue weighted by Gasteiger charge is -1.97. The van der Waals surface area contributed by atoms with Gasteiger partial charge in [0.25, 0.3) is 0 Å². The van der Waals surface area contributed by atoms with E-state index in [9.17, 15) is 4.79 Å². The summed E-state index contributed by atoms with van der Waals surface area (Å²) in [4.78, 5) is 11.3. The van der Waals surface area contributed by atoms with Gasteiger partial charge in [-0.3, -0.25) is 4.79 Å². The van der Waals surface area contributed by atoms with E-state index in [1.807, 2.05) is 6.07 Å². The quantitative estimate of drug-likeness (QED) is 0.645. The SMILES string of the molecule is O=c1ccoc2c(C=S)cccc12. The molecule has 0 aliphatic rings. The van der Waals surface area contributed by atoms with Crippen molar-refractivity contribution in [2.45, 2.75) is 0 Å². The molecule has 0 fully saturated rings. The van der Waals surface area contributed by atoms with Crippen molar-refractivity contribution in [3.63, 3.8) is 0 Å². The van der Waals surface area contributed by atoms with Gasteiger partial charge >= 0.3 is 0 Å². The van der Waals surface area contributed by atoms with Crippen molar-refractivity contribution in [2.24, 2.45) is 0 Å². The third kappa shape index (κ3) is 1.27. The minimum Gasteiger partial charge on any atom is -0.463 e. The molecule has 0 radical (unpaired) electrons. The Hall–Kier alpha value is -1.48. The summed E-state index contributed by atoms with van der Waals surface area (Å²) < 4.78 is 5.22. The van der Waals surface area contributed by atoms with E-state index in [1.165, 1.54) is 17.7 Å². The average Bonchev–Trinajstić information content (AvgIpc) is 2.18. The van der Waals surface area contributed by atoms with Crippen LogP contribution >= 0.6 is 12.2 Å². The van der Waals surface area contributed by atoms with Gasteiger partial charge in [-0.05, 0) is 6.07 Å². The first-order chi connectivity index (χ1) is 6.33. The largest absolute Gasteiger partial charge is 0.463 e. The van der Waals surface area contributed by atoms with E-state index in [-0.39, 0.29) is 5.43 Å². The first-order valence-corrected chi connectivity index (χ1v) is 4.26. The van der Waals surface area contributed by atoms with E-state index in [4.69, 9.17) is 16.6 Å². The number of hydrogen-bond acceptors (Lipinski definition) is 3. The summed E-state index contributed by atoms with van der Waals surface area (Å²) >= 11 is 4.80. The lowest BCUT2D eigenvalue weighted by atomic mass is 10.1. The molecule has 2 nitrogen and oxygen atoms in total. The van der Waals surface area contributed by atoms with Crippen molar-refractivity contribution in [2.75, 3.05) is 0 Å². The second-order valence-electron chi connectivity index (χ2n) is 2.63. The fourth-order valence-corrected chi connectivity index (χ4v) is 1.41. The zero-order valence-electron chi connectivity index (χ0n) is 6.69. The van der Waals surface area contributed by atoms with Crippen molar-refractivity contribution >= 4 is 28.6 Å². The summed E-state index contributed by atoms with van der Waals surface area (Å²) in [7, 11) is 0. The molecule has 0 spiro atoms. The molecule has 3 heteroatoms. The van der Waals surface area contributed by atoms with Crippen molar-refractivity contribution in [3.8, 4) is 0 Å². The highest BCUT2D eigenvalue weighted by atomic mass is 32.1. The molecular formula is C10H6O2S. The van der Waals surface area contributed by atoms with Crippen LogP contribution in [0.25, 0.3) is 11.0 Å². The number of fused-ring (bicyclic) bond motifs is 1. The first-order valence-electron chi connectivity index (χ1n) is 3.78. The smallest absolute Gasteiger partial charge is 0.192 e. The van der Waals surface area contributed by atoms with Crippen LogP contribution in [0.3, 0.4) is 0 Å². The maximum atomic E-state index is 11.3. The van der Waals surface area contributed by atoms with E-state index >= 15 is 0 Å². The fraction of sp³-hybridized carbons (Fsp3) is 0. The molecule has 0 saturated carbocycles. The highest BCUT2D eigenvalue weighted by molar-refractivity contribution is 7.79. The number of thiocarbonyl (C=S) groups is 1. The Labute approximate surface area is 79.8 Å². The number of hydrogen-bond donors (Lipinski definition) is 0. The van der Waals surface area contributed by atoms with Gasteiger partial charge in [0.05, 0.1) is 11.6 Å².